The fourth-order valence-electron chi connectivity index (χ4n) is 2.51. The van der Waals surface area contributed by atoms with E-state index in [0.29, 0.717) is 25.5 Å². The fraction of sp³-hybridized carbons (Fsp3) is 0.462. The SMILES string of the molecule is O=C(O)C1CCCN(c2ccc(C(F)(F)F)cc2[N+](=O)[O-])C1. The van der Waals surface area contributed by atoms with Crippen LogP contribution >= 0.6 is 0 Å². The first-order chi connectivity index (χ1) is 10.2. The molecule has 0 spiro atoms. The Morgan fingerprint density at radius 2 is 2.09 bits per heavy atom. The smallest absolute Gasteiger partial charge is 0.416 e. The Morgan fingerprint density at radius 1 is 1.41 bits per heavy atom. The van der Waals surface area contributed by atoms with E-state index in [-0.39, 0.29) is 12.2 Å². The second kappa shape index (κ2) is 5.82. The number of alkyl halides is 3. The van der Waals surface area contributed by atoms with E-state index in [1.807, 2.05) is 0 Å². The molecule has 1 aliphatic heterocycles. The number of piperidine rings is 1. The average Bonchev–Trinajstić information content (AvgIpc) is 2.45. The van der Waals surface area contributed by atoms with Crippen molar-refractivity contribution in [2.24, 2.45) is 5.92 Å². The van der Waals surface area contributed by atoms with Crippen molar-refractivity contribution in [2.45, 2.75) is 19.0 Å². The molecule has 22 heavy (non-hydrogen) atoms. The van der Waals surface area contributed by atoms with Gasteiger partial charge >= 0.3 is 12.1 Å². The minimum Gasteiger partial charge on any atom is -0.481 e. The predicted molar refractivity (Wildman–Crippen MR) is 70.7 cm³/mol. The molecule has 1 saturated heterocycles. The molecule has 1 aromatic rings. The van der Waals surface area contributed by atoms with Crippen molar-refractivity contribution in [1.29, 1.82) is 0 Å². The van der Waals surface area contributed by atoms with Crippen molar-refractivity contribution in [3.8, 4) is 0 Å². The number of hydrogen-bond acceptors (Lipinski definition) is 4. The van der Waals surface area contributed by atoms with Gasteiger partial charge in [-0.2, -0.15) is 13.2 Å². The maximum absolute atomic E-state index is 12.7. The maximum Gasteiger partial charge on any atom is 0.416 e. The van der Waals surface area contributed by atoms with Crippen LogP contribution in [0.4, 0.5) is 24.5 Å². The highest BCUT2D eigenvalue weighted by molar-refractivity contribution is 5.72. The molecule has 1 unspecified atom stereocenters. The molecule has 120 valence electrons. The third-order valence-electron chi connectivity index (χ3n) is 3.61. The Morgan fingerprint density at radius 3 is 2.64 bits per heavy atom. The maximum atomic E-state index is 12.7. The van der Waals surface area contributed by atoms with Crippen LogP contribution in [0.5, 0.6) is 0 Å². The van der Waals surface area contributed by atoms with Crippen molar-refractivity contribution >= 4 is 17.3 Å². The molecule has 1 atom stereocenters. The lowest BCUT2D eigenvalue weighted by molar-refractivity contribution is -0.384. The lowest BCUT2D eigenvalue weighted by Crippen LogP contribution is -2.39. The Balaban J connectivity index is 2.38. The minimum absolute atomic E-state index is 0.0175. The number of halogens is 3. The number of benzene rings is 1. The summed E-state index contributed by atoms with van der Waals surface area (Å²) in [5.41, 5.74) is -1.75. The molecule has 0 radical (unpaired) electrons. The van der Waals surface area contributed by atoms with E-state index in [1.165, 1.54) is 4.90 Å². The number of aliphatic carboxylic acids is 1. The summed E-state index contributed by atoms with van der Waals surface area (Å²) in [4.78, 5) is 22.7. The Bertz CT molecular complexity index is 603. The highest BCUT2D eigenvalue weighted by atomic mass is 19.4. The molecular weight excluding hydrogens is 305 g/mol. The number of carboxylic acids is 1. The number of hydrogen-bond donors (Lipinski definition) is 1. The van der Waals surface area contributed by atoms with E-state index in [9.17, 15) is 28.1 Å². The van der Waals surface area contributed by atoms with E-state index in [0.717, 1.165) is 12.1 Å². The monoisotopic (exact) mass is 318 g/mol. The Kier molecular flexibility index (Phi) is 4.25. The first-order valence-electron chi connectivity index (χ1n) is 6.53. The van der Waals surface area contributed by atoms with Crippen LogP contribution in [0.3, 0.4) is 0 Å². The van der Waals surface area contributed by atoms with E-state index in [2.05, 4.69) is 0 Å². The molecule has 0 bridgehead atoms. The standard InChI is InChI=1S/C13H13F3N2O4/c14-13(15,16)9-3-4-10(11(6-9)18(21)22)17-5-1-2-8(7-17)12(19)20/h3-4,6,8H,1-2,5,7H2,(H,19,20). The van der Waals surface area contributed by atoms with Crippen molar-refractivity contribution < 1.29 is 28.0 Å². The third kappa shape index (κ3) is 3.29. The molecule has 2 rings (SSSR count). The van der Waals surface area contributed by atoms with Crippen LogP contribution in [0.25, 0.3) is 0 Å². The Labute approximate surface area is 123 Å². The summed E-state index contributed by atoms with van der Waals surface area (Å²) in [6.45, 7) is 0.414. The number of anilines is 1. The van der Waals surface area contributed by atoms with E-state index in [4.69, 9.17) is 5.11 Å². The van der Waals surface area contributed by atoms with Gasteiger partial charge in [-0.25, -0.2) is 0 Å². The number of carboxylic acid groups (broad SMARTS) is 1. The second-order valence-electron chi connectivity index (χ2n) is 5.08. The highest BCUT2D eigenvalue weighted by Crippen LogP contribution is 2.37. The first kappa shape index (κ1) is 16.1. The molecule has 1 fully saturated rings. The first-order valence-corrected chi connectivity index (χ1v) is 6.53. The van der Waals surface area contributed by atoms with Crippen molar-refractivity contribution in [2.75, 3.05) is 18.0 Å². The van der Waals surface area contributed by atoms with Crippen LogP contribution in [0.2, 0.25) is 0 Å². The predicted octanol–water partition coefficient (Wildman–Crippen LogP) is 2.91. The number of carbonyl (C=O) groups is 1. The molecule has 1 N–H and O–H groups in total. The second-order valence-corrected chi connectivity index (χ2v) is 5.08. The molecule has 0 aromatic heterocycles. The molecule has 1 aromatic carbocycles. The topological polar surface area (TPSA) is 83.7 Å². The van der Waals surface area contributed by atoms with Gasteiger partial charge in [0.25, 0.3) is 5.69 Å². The van der Waals surface area contributed by atoms with E-state index < -0.39 is 34.2 Å². The largest absolute Gasteiger partial charge is 0.481 e. The number of nitro benzene ring substituents is 1. The zero-order chi connectivity index (χ0) is 16.5. The molecule has 0 amide bonds. The normalized spacial score (nSPS) is 19.0. The molecule has 0 aliphatic carbocycles. The van der Waals surface area contributed by atoms with Gasteiger partial charge in [-0.15, -0.1) is 0 Å². The molecule has 9 heteroatoms. The van der Waals surface area contributed by atoms with Gasteiger partial charge in [0.15, 0.2) is 0 Å². The number of nitro groups is 1. The Hall–Kier alpha value is -2.32. The summed E-state index contributed by atoms with van der Waals surface area (Å²) < 4.78 is 38.0. The minimum atomic E-state index is -4.67. The van der Waals surface area contributed by atoms with E-state index in [1.54, 1.807) is 0 Å². The van der Waals surface area contributed by atoms with Crippen LogP contribution in [-0.4, -0.2) is 29.1 Å². The van der Waals surface area contributed by atoms with Gasteiger partial charge in [0.1, 0.15) is 5.69 Å². The summed E-state index contributed by atoms with van der Waals surface area (Å²) in [6.07, 6.45) is -3.72. The van der Waals surface area contributed by atoms with Gasteiger partial charge in [0, 0.05) is 19.2 Å². The van der Waals surface area contributed by atoms with Gasteiger partial charge in [-0.1, -0.05) is 0 Å². The summed E-state index contributed by atoms with van der Waals surface area (Å²) in [5, 5.41) is 20.1. The van der Waals surface area contributed by atoms with Crippen LogP contribution in [-0.2, 0) is 11.0 Å². The molecule has 6 nitrogen and oxygen atoms in total. The lowest BCUT2D eigenvalue weighted by atomic mass is 9.97. The molecule has 1 heterocycles. The zero-order valence-corrected chi connectivity index (χ0v) is 11.3. The number of nitrogens with zero attached hydrogens (tertiary/aromatic N) is 2. The van der Waals surface area contributed by atoms with Crippen LogP contribution in [0, 0.1) is 16.0 Å². The van der Waals surface area contributed by atoms with Crippen LogP contribution in [0.1, 0.15) is 18.4 Å². The number of rotatable bonds is 3. The highest BCUT2D eigenvalue weighted by Gasteiger charge is 2.35. The van der Waals surface area contributed by atoms with E-state index >= 15 is 0 Å². The molecular formula is C13H13F3N2O4. The van der Waals surface area contributed by atoms with Gasteiger partial charge in [0.05, 0.1) is 16.4 Å². The summed E-state index contributed by atoms with van der Waals surface area (Å²) in [5.74, 6) is -1.70. The van der Waals surface area contributed by atoms with Gasteiger partial charge in [-0.3, -0.25) is 14.9 Å². The summed E-state index contributed by atoms with van der Waals surface area (Å²) in [7, 11) is 0. The van der Waals surface area contributed by atoms with Gasteiger partial charge in [0.2, 0.25) is 0 Å². The quantitative estimate of drug-likeness (QED) is 0.684. The summed E-state index contributed by atoms with van der Waals surface area (Å²) >= 11 is 0. The average molecular weight is 318 g/mol. The third-order valence-corrected chi connectivity index (χ3v) is 3.61. The van der Waals surface area contributed by atoms with Crippen molar-refractivity contribution in [1.82, 2.24) is 0 Å². The van der Waals surface area contributed by atoms with Crippen molar-refractivity contribution in [3.63, 3.8) is 0 Å². The van der Waals surface area contributed by atoms with Gasteiger partial charge in [-0.05, 0) is 25.0 Å². The lowest BCUT2D eigenvalue weighted by Gasteiger charge is -2.32. The summed E-state index contributed by atoms with van der Waals surface area (Å²) in [6, 6.07) is 2.29. The van der Waals surface area contributed by atoms with Crippen LogP contribution < -0.4 is 4.90 Å². The van der Waals surface area contributed by atoms with Crippen molar-refractivity contribution in [3.05, 3.63) is 33.9 Å². The van der Waals surface area contributed by atoms with Crippen LogP contribution in [0.15, 0.2) is 18.2 Å². The fourth-order valence-corrected chi connectivity index (χ4v) is 2.51. The molecule has 1 aliphatic rings. The van der Waals surface area contributed by atoms with Gasteiger partial charge < -0.3 is 10.0 Å². The zero-order valence-electron chi connectivity index (χ0n) is 11.3. The molecule has 0 saturated carbocycles.